The highest BCUT2D eigenvalue weighted by molar-refractivity contribution is 7.89. The average molecular weight is 322 g/mol. The molecule has 1 fully saturated rings. The van der Waals surface area contributed by atoms with Crippen LogP contribution in [0.2, 0.25) is 5.02 Å². The van der Waals surface area contributed by atoms with Crippen molar-refractivity contribution >= 4 is 27.6 Å². The summed E-state index contributed by atoms with van der Waals surface area (Å²) in [5.74, 6) is -1.18. The number of carboxylic acids is 1. The van der Waals surface area contributed by atoms with Gasteiger partial charge in [0.2, 0.25) is 0 Å². The van der Waals surface area contributed by atoms with Gasteiger partial charge in [-0.25, -0.2) is 8.42 Å². The summed E-state index contributed by atoms with van der Waals surface area (Å²) in [7, 11) is -2.51. The topological polar surface area (TPSA) is 92.5 Å². The summed E-state index contributed by atoms with van der Waals surface area (Å²) < 4.78 is 27.5. The predicted molar refractivity (Wildman–Crippen MR) is 72.0 cm³/mol. The SMILES string of the molecule is Cn1ncc(Cl)c1S(=O)(=O)N(CC(=O)O)C1CCCC1. The maximum Gasteiger partial charge on any atom is 0.318 e. The lowest BCUT2D eigenvalue weighted by molar-refractivity contribution is -0.137. The highest BCUT2D eigenvalue weighted by atomic mass is 35.5. The lowest BCUT2D eigenvalue weighted by Crippen LogP contribution is -2.42. The van der Waals surface area contributed by atoms with Crippen molar-refractivity contribution in [1.29, 1.82) is 0 Å². The zero-order chi connectivity index (χ0) is 14.9. The summed E-state index contributed by atoms with van der Waals surface area (Å²) >= 11 is 5.88. The fraction of sp³-hybridized carbons (Fsp3) is 0.636. The molecule has 9 heteroatoms. The Balaban J connectivity index is 2.43. The molecule has 1 aromatic rings. The second kappa shape index (κ2) is 5.71. The molecular weight excluding hydrogens is 306 g/mol. The van der Waals surface area contributed by atoms with Crippen molar-refractivity contribution in [3.05, 3.63) is 11.2 Å². The summed E-state index contributed by atoms with van der Waals surface area (Å²) in [6.45, 7) is -0.561. The fourth-order valence-electron chi connectivity index (χ4n) is 2.54. The Hall–Kier alpha value is -1.12. The summed E-state index contributed by atoms with van der Waals surface area (Å²) in [5, 5.41) is 12.6. The van der Waals surface area contributed by atoms with Crippen LogP contribution < -0.4 is 0 Å². The largest absolute Gasteiger partial charge is 0.480 e. The van der Waals surface area contributed by atoms with Crippen molar-refractivity contribution in [2.75, 3.05) is 6.54 Å². The molecule has 0 saturated heterocycles. The Labute approximate surface area is 122 Å². The third kappa shape index (κ3) is 2.82. The van der Waals surface area contributed by atoms with E-state index in [1.54, 1.807) is 0 Å². The molecular formula is C11H16ClN3O4S. The molecule has 1 aromatic heterocycles. The van der Waals surface area contributed by atoms with Crippen LogP contribution in [0.5, 0.6) is 0 Å². The Kier molecular flexibility index (Phi) is 4.36. The number of aromatic nitrogens is 2. The van der Waals surface area contributed by atoms with Crippen molar-refractivity contribution < 1.29 is 18.3 Å². The Bertz CT molecular complexity index is 588. The van der Waals surface area contributed by atoms with Gasteiger partial charge in [0.1, 0.15) is 6.54 Å². The van der Waals surface area contributed by atoms with E-state index in [2.05, 4.69) is 5.10 Å². The molecule has 0 aliphatic heterocycles. The van der Waals surface area contributed by atoms with E-state index in [1.165, 1.54) is 13.2 Å². The van der Waals surface area contributed by atoms with Crippen LogP contribution in [0.25, 0.3) is 0 Å². The number of aryl methyl sites for hydroxylation is 1. The van der Waals surface area contributed by atoms with E-state index < -0.39 is 22.5 Å². The van der Waals surface area contributed by atoms with Crippen LogP contribution in [-0.2, 0) is 21.9 Å². The first kappa shape index (κ1) is 15.3. The van der Waals surface area contributed by atoms with E-state index in [-0.39, 0.29) is 16.1 Å². The maximum absolute atomic E-state index is 12.7. The number of hydrogen-bond donors (Lipinski definition) is 1. The normalized spacial score (nSPS) is 16.9. The molecule has 1 aliphatic carbocycles. The highest BCUT2D eigenvalue weighted by Gasteiger charge is 2.37. The van der Waals surface area contributed by atoms with Crippen LogP contribution in [0.4, 0.5) is 0 Å². The number of hydrogen-bond acceptors (Lipinski definition) is 4. The summed E-state index contributed by atoms with van der Waals surface area (Å²) in [5.41, 5.74) is 0. The lowest BCUT2D eigenvalue weighted by atomic mass is 10.2. The van der Waals surface area contributed by atoms with Gasteiger partial charge < -0.3 is 5.11 Å². The third-order valence-electron chi connectivity index (χ3n) is 3.42. The molecule has 112 valence electrons. The molecule has 0 radical (unpaired) electrons. The molecule has 0 unspecified atom stereocenters. The van der Waals surface area contributed by atoms with E-state index in [1.807, 2.05) is 0 Å². The minimum absolute atomic E-state index is 0.000820. The standard InChI is InChI=1S/C11H16ClN3O4S/c1-14-11(9(12)6-13-14)20(18,19)15(7-10(16)17)8-4-2-3-5-8/h6,8H,2-5,7H2,1H3,(H,16,17). The first-order chi connectivity index (χ1) is 9.34. The summed E-state index contributed by atoms with van der Waals surface area (Å²) in [6.07, 6.45) is 4.37. The van der Waals surface area contributed by atoms with E-state index >= 15 is 0 Å². The first-order valence-electron chi connectivity index (χ1n) is 6.25. The molecule has 0 aromatic carbocycles. The van der Waals surface area contributed by atoms with Gasteiger partial charge in [0.15, 0.2) is 5.03 Å². The molecule has 1 saturated carbocycles. The number of nitrogens with zero attached hydrogens (tertiary/aromatic N) is 3. The van der Waals surface area contributed by atoms with Crippen LogP contribution in [0.1, 0.15) is 25.7 Å². The smallest absolute Gasteiger partial charge is 0.318 e. The maximum atomic E-state index is 12.7. The zero-order valence-electron chi connectivity index (χ0n) is 11.0. The molecule has 0 spiro atoms. The fourth-order valence-corrected chi connectivity index (χ4v) is 4.78. The van der Waals surface area contributed by atoms with Gasteiger partial charge in [-0.05, 0) is 12.8 Å². The molecule has 0 atom stereocenters. The quantitative estimate of drug-likeness (QED) is 0.876. The van der Waals surface area contributed by atoms with Crippen molar-refractivity contribution in [1.82, 2.24) is 14.1 Å². The molecule has 1 N–H and O–H groups in total. The summed E-state index contributed by atoms with van der Waals surface area (Å²) in [6, 6.07) is -0.290. The van der Waals surface area contributed by atoms with Gasteiger partial charge in [0.25, 0.3) is 10.0 Å². The first-order valence-corrected chi connectivity index (χ1v) is 8.07. The van der Waals surface area contributed by atoms with Gasteiger partial charge in [-0.3, -0.25) is 9.48 Å². The van der Waals surface area contributed by atoms with Crippen LogP contribution in [0.3, 0.4) is 0 Å². The molecule has 0 bridgehead atoms. The average Bonchev–Trinajstić information content (AvgIpc) is 2.96. The molecule has 0 amide bonds. The van der Waals surface area contributed by atoms with Gasteiger partial charge in [0, 0.05) is 13.1 Å². The van der Waals surface area contributed by atoms with E-state index in [4.69, 9.17) is 16.7 Å². The Morgan fingerprint density at radius 2 is 2.15 bits per heavy atom. The van der Waals surface area contributed by atoms with Crippen molar-refractivity contribution in [2.45, 2.75) is 36.8 Å². The highest BCUT2D eigenvalue weighted by Crippen LogP contribution is 2.30. The predicted octanol–water partition coefficient (Wildman–Crippen LogP) is 1.09. The van der Waals surface area contributed by atoms with Crippen molar-refractivity contribution in [3.8, 4) is 0 Å². The van der Waals surface area contributed by atoms with Gasteiger partial charge in [-0.15, -0.1) is 0 Å². The van der Waals surface area contributed by atoms with Gasteiger partial charge >= 0.3 is 5.97 Å². The zero-order valence-corrected chi connectivity index (χ0v) is 12.6. The molecule has 20 heavy (non-hydrogen) atoms. The Morgan fingerprint density at radius 1 is 1.55 bits per heavy atom. The monoisotopic (exact) mass is 321 g/mol. The van der Waals surface area contributed by atoms with Crippen LogP contribution >= 0.6 is 11.6 Å². The summed E-state index contributed by atoms with van der Waals surface area (Å²) in [4.78, 5) is 11.0. The minimum Gasteiger partial charge on any atom is -0.480 e. The molecule has 2 rings (SSSR count). The molecule has 1 heterocycles. The minimum atomic E-state index is -3.98. The van der Waals surface area contributed by atoms with Gasteiger partial charge in [-0.1, -0.05) is 24.4 Å². The van der Waals surface area contributed by atoms with E-state index in [0.717, 1.165) is 21.8 Å². The van der Waals surface area contributed by atoms with Crippen molar-refractivity contribution in [3.63, 3.8) is 0 Å². The number of halogens is 1. The van der Waals surface area contributed by atoms with Crippen LogP contribution in [-0.4, -0.2) is 46.2 Å². The van der Waals surface area contributed by atoms with Crippen molar-refractivity contribution in [2.24, 2.45) is 7.05 Å². The number of carbonyl (C=O) groups is 1. The molecule has 1 aliphatic rings. The number of carboxylic acid groups (broad SMARTS) is 1. The van der Waals surface area contributed by atoms with Crippen LogP contribution in [0.15, 0.2) is 11.2 Å². The Morgan fingerprint density at radius 3 is 2.60 bits per heavy atom. The van der Waals surface area contributed by atoms with E-state index in [0.29, 0.717) is 12.8 Å². The van der Waals surface area contributed by atoms with Crippen LogP contribution in [0, 0.1) is 0 Å². The number of aliphatic carboxylic acids is 1. The second-order valence-corrected chi connectivity index (χ2v) is 7.02. The van der Waals surface area contributed by atoms with Gasteiger partial charge in [-0.2, -0.15) is 9.40 Å². The number of rotatable bonds is 5. The third-order valence-corrected chi connectivity index (χ3v) is 5.82. The van der Waals surface area contributed by atoms with Gasteiger partial charge in [0.05, 0.1) is 11.2 Å². The second-order valence-electron chi connectivity index (χ2n) is 4.80. The number of sulfonamides is 1. The van der Waals surface area contributed by atoms with E-state index in [9.17, 15) is 13.2 Å². The molecule has 7 nitrogen and oxygen atoms in total. The lowest BCUT2D eigenvalue weighted by Gasteiger charge is -2.26.